The Hall–Kier alpha value is -3.68. The lowest BCUT2D eigenvalue weighted by molar-refractivity contribution is -0.133. The van der Waals surface area contributed by atoms with Crippen molar-refractivity contribution < 1.29 is 9.59 Å². The maximum atomic E-state index is 12.2. The number of hydrogen-bond acceptors (Lipinski definition) is 5. The highest BCUT2D eigenvalue weighted by molar-refractivity contribution is 6.43. The van der Waals surface area contributed by atoms with Crippen molar-refractivity contribution >= 4 is 29.0 Å². The van der Waals surface area contributed by atoms with Gasteiger partial charge in [0, 0.05) is 56.7 Å². The molecule has 0 saturated heterocycles. The minimum Gasteiger partial charge on any atom is -0.377 e. The maximum absolute atomic E-state index is 12.2. The van der Waals surface area contributed by atoms with Crippen LogP contribution < -0.4 is 15.5 Å². The first-order valence-electron chi connectivity index (χ1n) is 9.25. The first-order chi connectivity index (χ1) is 13.9. The molecule has 8 nitrogen and oxygen atoms in total. The monoisotopic (exact) mass is 392 g/mol. The Kier molecular flexibility index (Phi) is 6.23. The van der Waals surface area contributed by atoms with E-state index in [4.69, 9.17) is 0 Å². The molecule has 150 valence electrons. The molecule has 0 unspecified atom stereocenters. The summed E-state index contributed by atoms with van der Waals surface area (Å²) >= 11 is 0. The molecule has 29 heavy (non-hydrogen) atoms. The molecule has 2 amide bonds. The minimum absolute atomic E-state index is 0.332. The second-order valence-corrected chi connectivity index (χ2v) is 6.87. The van der Waals surface area contributed by atoms with Crippen molar-refractivity contribution in [2.24, 2.45) is 0 Å². The Morgan fingerprint density at radius 1 is 1.03 bits per heavy atom. The maximum Gasteiger partial charge on any atom is 0.315 e. The van der Waals surface area contributed by atoms with Crippen LogP contribution in [0.1, 0.15) is 11.1 Å². The van der Waals surface area contributed by atoms with Crippen LogP contribution in [0.4, 0.5) is 17.2 Å². The molecule has 0 aliphatic rings. The van der Waals surface area contributed by atoms with E-state index in [-0.39, 0.29) is 0 Å². The largest absolute Gasteiger partial charge is 0.377 e. The summed E-state index contributed by atoms with van der Waals surface area (Å²) in [6.07, 6.45) is 6.05. The zero-order chi connectivity index (χ0) is 20.8. The van der Waals surface area contributed by atoms with Crippen LogP contribution in [0.15, 0.2) is 55.0 Å². The number of carbonyl (C=O) groups excluding carboxylic acids is 2. The van der Waals surface area contributed by atoms with Crippen molar-refractivity contribution in [3.8, 4) is 0 Å². The molecule has 8 heteroatoms. The van der Waals surface area contributed by atoms with E-state index >= 15 is 0 Å². The van der Waals surface area contributed by atoms with Gasteiger partial charge in [-0.15, -0.1) is 0 Å². The lowest BCUT2D eigenvalue weighted by Gasteiger charge is -2.16. The number of rotatable bonds is 6. The van der Waals surface area contributed by atoms with Crippen LogP contribution in [-0.2, 0) is 22.6 Å². The van der Waals surface area contributed by atoms with Crippen molar-refractivity contribution in [3.63, 3.8) is 0 Å². The molecule has 0 aliphatic heterocycles. The second kappa shape index (κ2) is 9.01. The Labute approximate surface area is 169 Å². The third-order valence-electron chi connectivity index (χ3n) is 4.40. The van der Waals surface area contributed by atoms with Crippen molar-refractivity contribution in [1.29, 1.82) is 0 Å². The summed E-state index contributed by atoms with van der Waals surface area (Å²) in [4.78, 5) is 30.3. The van der Waals surface area contributed by atoms with Gasteiger partial charge in [0.15, 0.2) is 5.82 Å². The van der Waals surface area contributed by atoms with Crippen LogP contribution in [0.3, 0.4) is 0 Å². The van der Waals surface area contributed by atoms with Gasteiger partial charge in [-0.25, -0.2) is 0 Å². The Morgan fingerprint density at radius 2 is 1.76 bits per heavy atom. The normalized spacial score (nSPS) is 10.4. The molecule has 0 spiro atoms. The minimum atomic E-state index is -0.765. The van der Waals surface area contributed by atoms with Gasteiger partial charge >= 0.3 is 11.8 Å². The molecule has 2 N–H and O–H groups in total. The molecule has 0 saturated carbocycles. The number of nitrogens with one attached hydrogen (secondary N) is 2. The molecule has 0 atom stereocenters. The first kappa shape index (κ1) is 20.1. The summed E-state index contributed by atoms with van der Waals surface area (Å²) < 4.78 is 1.72. The highest BCUT2D eigenvalue weighted by Crippen LogP contribution is 2.21. The molecule has 0 bridgehead atoms. The highest BCUT2D eigenvalue weighted by atomic mass is 16.2. The topological polar surface area (TPSA) is 92.2 Å². The van der Waals surface area contributed by atoms with Gasteiger partial charge in [0.05, 0.1) is 0 Å². The summed E-state index contributed by atoms with van der Waals surface area (Å²) in [7, 11) is 3.90. The Balaban J connectivity index is 1.54. The molecule has 2 heterocycles. The standard InChI is InChI=1S/C21H24N6O2/c1-15-14-17(4-5-18(15)26(2)3)23-20(28)21(29)24-19-9-13-27(25-19)12-8-16-6-10-22-11-7-16/h4-7,9-11,13-14H,8,12H2,1-3H3,(H,23,28)(H,24,25,29). The number of aromatic nitrogens is 3. The zero-order valence-electron chi connectivity index (χ0n) is 16.7. The molecule has 2 aromatic heterocycles. The Bertz CT molecular complexity index is 997. The molecule has 0 aliphatic carbocycles. The lowest BCUT2D eigenvalue weighted by atomic mass is 10.1. The number of nitrogens with zero attached hydrogens (tertiary/aromatic N) is 4. The van der Waals surface area contributed by atoms with Crippen LogP contribution in [0, 0.1) is 6.92 Å². The summed E-state index contributed by atoms with van der Waals surface area (Å²) in [6.45, 7) is 2.60. The predicted octanol–water partition coefficient (Wildman–Crippen LogP) is 2.47. The predicted molar refractivity (Wildman–Crippen MR) is 113 cm³/mol. The number of pyridine rings is 1. The summed E-state index contributed by atoms with van der Waals surface area (Å²) in [5, 5.41) is 9.42. The summed E-state index contributed by atoms with van der Waals surface area (Å²) in [5.74, 6) is -1.17. The van der Waals surface area contributed by atoms with Crippen LogP contribution >= 0.6 is 0 Å². The van der Waals surface area contributed by atoms with E-state index in [1.807, 2.05) is 50.2 Å². The van der Waals surface area contributed by atoms with Gasteiger partial charge in [-0.3, -0.25) is 19.3 Å². The second-order valence-electron chi connectivity index (χ2n) is 6.87. The third kappa shape index (κ3) is 5.41. The van der Waals surface area contributed by atoms with Crippen molar-refractivity contribution in [2.75, 3.05) is 29.6 Å². The fourth-order valence-corrected chi connectivity index (χ4v) is 2.94. The lowest BCUT2D eigenvalue weighted by Crippen LogP contribution is -2.29. The van der Waals surface area contributed by atoms with Crippen LogP contribution in [-0.4, -0.2) is 40.7 Å². The van der Waals surface area contributed by atoms with E-state index < -0.39 is 11.8 Å². The fourth-order valence-electron chi connectivity index (χ4n) is 2.94. The average Bonchev–Trinajstić information content (AvgIpc) is 3.14. The van der Waals surface area contributed by atoms with E-state index in [2.05, 4.69) is 20.7 Å². The number of aryl methyl sites for hydroxylation is 3. The number of anilines is 3. The van der Waals surface area contributed by atoms with Crippen LogP contribution in [0.2, 0.25) is 0 Å². The molecule has 3 rings (SSSR count). The van der Waals surface area contributed by atoms with Crippen LogP contribution in [0.25, 0.3) is 0 Å². The fraction of sp³-hybridized carbons (Fsp3) is 0.238. The quantitative estimate of drug-likeness (QED) is 0.629. The Morgan fingerprint density at radius 3 is 2.45 bits per heavy atom. The average molecular weight is 392 g/mol. The molecule has 0 radical (unpaired) electrons. The number of hydrogen-bond donors (Lipinski definition) is 2. The smallest absolute Gasteiger partial charge is 0.315 e. The van der Waals surface area contributed by atoms with E-state index in [0.717, 1.165) is 23.2 Å². The SMILES string of the molecule is Cc1cc(NC(=O)C(=O)Nc2ccn(CCc3ccncc3)n2)ccc1N(C)C. The van der Waals surface area contributed by atoms with E-state index in [9.17, 15) is 9.59 Å². The van der Waals surface area contributed by atoms with Gasteiger partial charge in [-0.1, -0.05) is 0 Å². The van der Waals surface area contributed by atoms with Gasteiger partial charge in [-0.05, 0) is 54.8 Å². The van der Waals surface area contributed by atoms with Gasteiger partial charge in [0.2, 0.25) is 0 Å². The molecular weight excluding hydrogens is 368 g/mol. The molecule has 1 aromatic carbocycles. The van der Waals surface area contributed by atoms with Gasteiger partial charge < -0.3 is 15.5 Å². The van der Waals surface area contributed by atoms with Crippen LogP contribution in [0.5, 0.6) is 0 Å². The van der Waals surface area contributed by atoms with Crippen molar-refractivity contribution in [2.45, 2.75) is 19.9 Å². The zero-order valence-corrected chi connectivity index (χ0v) is 16.7. The van der Waals surface area contributed by atoms with Gasteiger partial charge in [0.1, 0.15) is 0 Å². The molecule has 0 fully saturated rings. The van der Waals surface area contributed by atoms with E-state index in [0.29, 0.717) is 18.1 Å². The molecule has 3 aromatic rings. The van der Waals surface area contributed by atoms with Gasteiger partial charge in [0.25, 0.3) is 0 Å². The summed E-state index contributed by atoms with van der Waals surface area (Å²) in [5.41, 5.74) is 3.76. The summed E-state index contributed by atoms with van der Waals surface area (Å²) in [6, 6.07) is 11.0. The van der Waals surface area contributed by atoms with Crippen molar-refractivity contribution in [3.05, 3.63) is 66.1 Å². The number of benzene rings is 1. The van der Waals surface area contributed by atoms with Gasteiger partial charge in [-0.2, -0.15) is 5.10 Å². The number of amides is 2. The highest BCUT2D eigenvalue weighted by Gasteiger charge is 2.16. The molecular formula is C21H24N6O2. The third-order valence-corrected chi connectivity index (χ3v) is 4.40. The van der Waals surface area contributed by atoms with Crippen molar-refractivity contribution in [1.82, 2.24) is 14.8 Å². The first-order valence-corrected chi connectivity index (χ1v) is 9.25. The van der Waals surface area contributed by atoms with E-state index in [1.54, 1.807) is 35.4 Å². The van der Waals surface area contributed by atoms with E-state index in [1.165, 1.54) is 0 Å². The number of carbonyl (C=O) groups is 2.